The lowest BCUT2D eigenvalue weighted by molar-refractivity contribution is 0.0739. The van der Waals surface area contributed by atoms with Crippen LogP contribution in [0.15, 0.2) is 48.5 Å². The van der Waals surface area contributed by atoms with Gasteiger partial charge in [-0.25, -0.2) is 4.98 Å². The van der Waals surface area contributed by atoms with E-state index in [1.165, 1.54) is 10.9 Å². The fourth-order valence-electron chi connectivity index (χ4n) is 3.85. The van der Waals surface area contributed by atoms with Gasteiger partial charge in [0.15, 0.2) is 0 Å². The zero-order valence-electron chi connectivity index (χ0n) is 17.0. The van der Waals surface area contributed by atoms with Crippen LogP contribution in [-0.4, -0.2) is 56.2 Å². The van der Waals surface area contributed by atoms with Crippen molar-refractivity contribution in [3.05, 3.63) is 59.7 Å². The van der Waals surface area contributed by atoms with Gasteiger partial charge in [0, 0.05) is 31.6 Å². The second-order valence-corrected chi connectivity index (χ2v) is 7.13. The van der Waals surface area contributed by atoms with Crippen molar-refractivity contribution in [2.24, 2.45) is 0 Å². The van der Waals surface area contributed by atoms with Crippen molar-refractivity contribution in [1.29, 1.82) is 0 Å². The number of benzene rings is 2. The van der Waals surface area contributed by atoms with Crippen LogP contribution < -0.4 is 14.4 Å². The molecule has 1 saturated heterocycles. The number of hydrogen-bond donors (Lipinski definition) is 0. The maximum absolute atomic E-state index is 13.2. The van der Waals surface area contributed by atoms with Crippen molar-refractivity contribution in [2.45, 2.75) is 6.92 Å². The Kier molecular flexibility index (Phi) is 5.25. The number of amides is 1. The Morgan fingerprint density at radius 3 is 2.24 bits per heavy atom. The first-order chi connectivity index (χ1) is 14.1. The number of para-hydroxylation sites is 1. The quantitative estimate of drug-likeness (QED) is 0.681. The van der Waals surface area contributed by atoms with Gasteiger partial charge in [-0.15, -0.1) is 0 Å². The molecule has 0 N–H and O–H groups in total. The first-order valence-corrected chi connectivity index (χ1v) is 9.74. The molecule has 0 radical (unpaired) electrons. The van der Waals surface area contributed by atoms with Crippen LogP contribution in [0.2, 0.25) is 0 Å². The van der Waals surface area contributed by atoms with Crippen molar-refractivity contribution in [3.8, 4) is 11.5 Å². The van der Waals surface area contributed by atoms with Crippen LogP contribution >= 0.6 is 0 Å². The largest absolute Gasteiger partial charge is 0.496 e. The molecule has 2 heterocycles. The summed E-state index contributed by atoms with van der Waals surface area (Å²) in [6.45, 7) is 4.81. The Morgan fingerprint density at radius 1 is 0.931 bits per heavy atom. The molecule has 0 spiro atoms. The monoisotopic (exact) mass is 391 g/mol. The van der Waals surface area contributed by atoms with Gasteiger partial charge in [-0.3, -0.25) is 4.79 Å². The third-order valence-corrected chi connectivity index (χ3v) is 5.44. The zero-order valence-corrected chi connectivity index (χ0v) is 17.0. The van der Waals surface area contributed by atoms with Crippen LogP contribution in [0.5, 0.6) is 11.5 Å². The van der Waals surface area contributed by atoms with Crippen molar-refractivity contribution >= 4 is 22.6 Å². The molecule has 2 aromatic carbocycles. The number of carbonyl (C=O) groups excluding carboxylic acids is 1. The number of aromatic nitrogens is 1. The summed E-state index contributed by atoms with van der Waals surface area (Å²) in [6, 6.07) is 15.7. The van der Waals surface area contributed by atoms with Gasteiger partial charge in [-0.2, -0.15) is 0 Å². The minimum Gasteiger partial charge on any atom is -0.496 e. The minimum atomic E-state index is -0.0680. The Hall–Kier alpha value is -3.28. The first-order valence-electron chi connectivity index (χ1n) is 9.74. The fraction of sp³-hybridized carbons (Fsp3) is 0.304. The van der Waals surface area contributed by atoms with E-state index < -0.39 is 0 Å². The second-order valence-electron chi connectivity index (χ2n) is 7.13. The molecule has 0 aliphatic carbocycles. The average Bonchev–Trinajstić information content (AvgIpc) is 2.78. The maximum Gasteiger partial charge on any atom is 0.261 e. The van der Waals surface area contributed by atoms with Gasteiger partial charge in [0.2, 0.25) is 0 Å². The number of piperazine rings is 1. The number of carbonyl (C=O) groups is 1. The van der Waals surface area contributed by atoms with Crippen LogP contribution in [0.25, 0.3) is 10.9 Å². The number of fused-ring (bicyclic) bond motifs is 1. The second kappa shape index (κ2) is 7.99. The number of nitrogens with zero attached hydrogens (tertiary/aromatic N) is 3. The molecule has 6 nitrogen and oxygen atoms in total. The molecule has 1 fully saturated rings. The number of anilines is 1. The predicted molar refractivity (Wildman–Crippen MR) is 114 cm³/mol. The molecule has 4 rings (SSSR count). The summed E-state index contributed by atoms with van der Waals surface area (Å²) < 4.78 is 10.8. The van der Waals surface area contributed by atoms with Crippen molar-refractivity contribution in [2.75, 3.05) is 45.3 Å². The third-order valence-electron chi connectivity index (χ3n) is 5.44. The summed E-state index contributed by atoms with van der Waals surface area (Å²) in [5, 5.41) is 1.17. The average molecular weight is 391 g/mol. The Balaban J connectivity index is 1.52. The molecule has 3 aromatic rings. The van der Waals surface area contributed by atoms with E-state index in [0.29, 0.717) is 30.2 Å². The summed E-state index contributed by atoms with van der Waals surface area (Å²) in [5.74, 6) is 1.96. The van der Waals surface area contributed by atoms with E-state index in [-0.39, 0.29) is 5.91 Å². The lowest BCUT2D eigenvalue weighted by atomic mass is 10.1. The van der Waals surface area contributed by atoms with Crippen LogP contribution in [0.3, 0.4) is 0 Å². The summed E-state index contributed by atoms with van der Waals surface area (Å²) in [7, 11) is 3.13. The zero-order chi connectivity index (χ0) is 20.4. The van der Waals surface area contributed by atoms with Gasteiger partial charge in [-0.05, 0) is 36.8 Å². The Bertz CT molecular complexity index is 1020. The van der Waals surface area contributed by atoms with Crippen molar-refractivity contribution in [1.82, 2.24) is 9.88 Å². The topological polar surface area (TPSA) is 54.9 Å². The van der Waals surface area contributed by atoms with Gasteiger partial charge in [0.25, 0.3) is 5.91 Å². The fourth-order valence-corrected chi connectivity index (χ4v) is 3.85. The SMILES string of the molecule is COc1cccc(OC)c1C(=O)N1CCN(c2cc(C)c3ccccc3n2)CC1. The summed E-state index contributed by atoms with van der Waals surface area (Å²) in [5.41, 5.74) is 2.69. The molecule has 1 amide bonds. The van der Waals surface area contributed by atoms with Gasteiger partial charge in [0.1, 0.15) is 22.9 Å². The van der Waals surface area contributed by atoms with Crippen LogP contribution in [-0.2, 0) is 0 Å². The van der Waals surface area contributed by atoms with Crippen molar-refractivity contribution < 1.29 is 14.3 Å². The van der Waals surface area contributed by atoms with E-state index >= 15 is 0 Å². The van der Waals surface area contributed by atoms with E-state index in [2.05, 4.69) is 24.0 Å². The molecule has 0 unspecified atom stereocenters. The van der Waals surface area contributed by atoms with E-state index in [4.69, 9.17) is 14.5 Å². The summed E-state index contributed by atoms with van der Waals surface area (Å²) in [4.78, 5) is 22.1. The van der Waals surface area contributed by atoms with Gasteiger partial charge < -0.3 is 19.3 Å². The van der Waals surface area contributed by atoms with Crippen molar-refractivity contribution in [3.63, 3.8) is 0 Å². The lowest BCUT2D eigenvalue weighted by Gasteiger charge is -2.36. The highest BCUT2D eigenvalue weighted by Gasteiger charge is 2.27. The van der Waals surface area contributed by atoms with Crippen LogP contribution in [0, 0.1) is 6.92 Å². The van der Waals surface area contributed by atoms with Gasteiger partial charge in [0.05, 0.1) is 19.7 Å². The predicted octanol–water partition coefficient (Wildman–Crippen LogP) is 3.52. The molecule has 0 bridgehead atoms. The molecule has 1 aliphatic heterocycles. The van der Waals surface area contributed by atoms with Crippen LogP contribution in [0.1, 0.15) is 15.9 Å². The highest BCUT2D eigenvalue weighted by atomic mass is 16.5. The molecule has 1 aliphatic rings. The highest BCUT2D eigenvalue weighted by molar-refractivity contribution is 6.00. The van der Waals surface area contributed by atoms with Crippen LogP contribution in [0.4, 0.5) is 5.82 Å². The smallest absolute Gasteiger partial charge is 0.261 e. The highest BCUT2D eigenvalue weighted by Crippen LogP contribution is 2.30. The minimum absolute atomic E-state index is 0.0680. The lowest BCUT2D eigenvalue weighted by Crippen LogP contribution is -2.49. The molecule has 29 heavy (non-hydrogen) atoms. The molecular weight excluding hydrogens is 366 g/mol. The molecule has 1 aromatic heterocycles. The third kappa shape index (κ3) is 3.58. The van der Waals surface area contributed by atoms with Gasteiger partial charge in [-0.1, -0.05) is 24.3 Å². The molecular formula is C23H25N3O3. The van der Waals surface area contributed by atoms with E-state index in [1.54, 1.807) is 26.4 Å². The number of methoxy groups -OCH3 is 2. The standard InChI is InChI=1S/C23H25N3O3/c1-16-15-21(24-18-8-5-4-7-17(16)18)25-11-13-26(14-12-25)23(27)22-19(28-2)9-6-10-20(22)29-3/h4-10,15H,11-14H2,1-3H3. The number of rotatable bonds is 4. The van der Waals surface area contributed by atoms with E-state index in [1.807, 2.05) is 29.2 Å². The summed E-state index contributed by atoms with van der Waals surface area (Å²) >= 11 is 0. The van der Waals surface area contributed by atoms with Gasteiger partial charge >= 0.3 is 0 Å². The summed E-state index contributed by atoms with van der Waals surface area (Å²) in [6.07, 6.45) is 0. The molecule has 0 saturated carbocycles. The molecule has 150 valence electrons. The number of ether oxygens (including phenoxy) is 2. The first kappa shape index (κ1) is 19.1. The van der Waals surface area contributed by atoms with E-state index in [9.17, 15) is 4.79 Å². The number of aryl methyl sites for hydroxylation is 1. The number of pyridine rings is 1. The van der Waals surface area contributed by atoms with E-state index in [0.717, 1.165) is 24.4 Å². The Labute approximate surface area is 170 Å². The molecule has 6 heteroatoms. The normalized spacial score (nSPS) is 14.2. The number of hydrogen-bond acceptors (Lipinski definition) is 5. The Morgan fingerprint density at radius 2 is 1.59 bits per heavy atom. The maximum atomic E-state index is 13.2. The molecule has 0 atom stereocenters.